The number of fused-ring (bicyclic) bond motifs is 3. The van der Waals surface area contributed by atoms with Crippen LogP contribution < -0.4 is 9.64 Å². The van der Waals surface area contributed by atoms with E-state index in [0.717, 1.165) is 53.9 Å². The Labute approximate surface area is 189 Å². The monoisotopic (exact) mass is 456 g/mol. The van der Waals surface area contributed by atoms with Crippen LogP contribution in [-0.4, -0.2) is 42.9 Å². The molecular weight excluding hydrogens is 428 g/mol. The Morgan fingerprint density at radius 1 is 1.16 bits per heavy atom. The second-order valence-electron chi connectivity index (χ2n) is 9.03. The molecular formula is C23H29ClN4O2Si. The van der Waals surface area contributed by atoms with Crippen LogP contribution in [0.15, 0.2) is 36.7 Å². The maximum Gasteiger partial charge on any atom is 0.165 e. The Morgan fingerprint density at radius 3 is 2.65 bits per heavy atom. The fourth-order valence-corrected chi connectivity index (χ4v) is 4.62. The minimum absolute atomic E-state index is 0.428. The van der Waals surface area contributed by atoms with Crippen molar-refractivity contribution in [1.82, 2.24) is 14.5 Å². The predicted molar refractivity (Wildman–Crippen MR) is 130 cm³/mol. The number of imidazole rings is 1. The standard InChI is InChI=1S/C23H29ClN4O2Si/c1-29-18-9-7-17(8-10-18)14-27-11-5-6-19-21(27)20-23(26-22(19)24)28(15-25-20)16-30-12-13-31(2,3)4/h5-10,15H,11-14,16H2,1-4H3. The number of ether oxygens (including phenoxy) is 2. The van der Waals surface area contributed by atoms with Crippen molar-refractivity contribution >= 4 is 42.6 Å². The number of pyridine rings is 1. The van der Waals surface area contributed by atoms with Gasteiger partial charge < -0.3 is 14.4 Å². The molecule has 0 bridgehead atoms. The second-order valence-corrected chi connectivity index (χ2v) is 15.0. The first-order valence-electron chi connectivity index (χ1n) is 10.5. The Balaban J connectivity index is 1.61. The van der Waals surface area contributed by atoms with Gasteiger partial charge in [-0.05, 0) is 23.7 Å². The van der Waals surface area contributed by atoms with Crippen LogP contribution in [0.4, 0.5) is 5.69 Å². The van der Waals surface area contributed by atoms with Gasteiger partial charge in [0.05, 0.1) is 19.1 Å². The molecule has 0 fully saturated rings. The SMILES string of the molecule is COc1ccc(CN2CC=Cc3c(Cl)nc4c(ncn4COCC[Si](C)(C)C)c32)cc1. The lowest BCUT2D eigenvalue weighted by Gasteiger charge is -2.29. The number of nitrogens with zero attached hydrogens (tertiary/aromatic N) is 4. The summed E-state index contributed by atoms with van der Waals surface area (Å²) in [7, 11) is 0.555. The van der Waals surface area contributed by atoms with E-state index in [-0.39, 0.29) is 0 Å². The topological polar surface area (TPSA) is 52.4 Å². The van der Waals surface area contributed by atoms with Crippen molar-refractivity contribution in [2.75, 3.05) is 25.2 Å². The summed E-state index contributed by atoms with van der Waals surface area (Å²) in [5.41, 5.74) is 4.74. The lowest BCUT2D eigenvalue weighted by Crippen LogP contribution is -2.26. The summed E-state index contributed by atoms with van der Waals surface area (Å²) in [6.07, 6.45) is 5.95. The number of methoxy groups -OCH3 is 1. The van der Waals surface area contributed by atoms with E-state index in [2.05, 4.69) is 47.7 Å². The van der Waals surface area contributed by atoms with Crippen LogP contribution in [0, 0.1) is 0 Å². The number of benzene rings is 1. The third-order valence-electron chi connectivity index (χ3n) is 5.40. The molecule has 1 aliphatic rings. The number of hydrogen-bond donors (Lipinski definition) is 0. The summed E-state index contributed by atoms with van der Waals surface area (Å²) in [4.78, 5) is 11.6. The van der Waals surface area contributed by atoms with E-state index in [0.29, 0.717) is 11.9 Å². The summed E-state index contributed by atoms with van der Waals surface area (Å²) >= 11 is 6.60. The lowest BCUT2D eigenvalue weighted by molar-refractivity contribution is 0.0895. The fourth-order valence-electron chi connectivity index (χ4n) is 3.63. The molecule has 0 unspecified atom stereocenters. The van der Waals surface area contributed by atoms with E-state index >= 15 is 0 Å². The van der Waals surface area contributed by atoms with E-state index in [4.69, 9.17) is 26.1 Å². The highest BCUT2D eigenvalue weighted by Crippen LogP contribution is 2.37. The summed E-state index contributed by atoms with van der Waals surface area (Å²) in [5, 5.41) is 0.488. The number of aromatic nitrogens is 3. The molecule has 0 radical (unpaired) electrons. The van der Waals surface area contributed by atoms with Gasteiger partial charge in [-0.3, -0.25) is 4.57 Å². The Bertz CT molecular complexity index is 1090. The first kappa shape index (κ1) is 21.9. The van der Waals surface area contributed by atoms with Crippen molar-refractivity contribution in [3.05, 3.63) is 52.9 Å². The van der Waals surface area contributed by atoms with Gasteiger partial charge in [0.2, 0.25) is 0 Å². The molecule has 2 aromatic heterocycles. The molecule has 3 aromatic rings. The number of anilines is 1. The first-order valence-corrected chi connectivity index (χ1v) is 14.6. The zero-order valence-electron chi connectivity index (χ0n) is 18.6. The first-order chi connectivity index (χ1) is 14.9. The normalized spacial score (nSPS) is 13.6. The van der Waals surface area contributed by atoms with Gasteiger partial charge in [0.25, 0.3) is 0 Å². The third-order valence-corrected chi connectivity index (χ3v) is 7.39. The van der Waals surface area contributed by atoms with Crippen molar-refractivity contribution in [1.29, 1.82) is 0 Å². The molecule has 4 rings (SSSR count). The highest BCUT2D eigenvalue weighted by molar-refractivity contribution is 6.76. The highest BCUT2D eigenvalue weighted by Gasteiger charge is 2.23. The van der Waals surface area contributed by atoms with E-state index in [1.54, 1.807) is 13.4 Å². The quantitative estimate of drug-likeness (QED) is 0.256. The third kappa shape index (κ3) is 4.94. The van der Waals surface area contributed by atoms with Crippen molar-refractivity contribution in [3.63, 3.8) is 0 Å². The van der Waals surface area contributed by atoms with E-state index in [1.165, 1.54) is 5.56 Å². The molecule has 0 saturated carbocycles. The van der Waals surface area contributed by atoms with E-state index < -0.39 is 8.07 Å². The molecule has 1 aromatic carbocycles. The molecule has 0 amide bonds. The summed E-state index contributed by atoms with van der Waals surface area (Å²) in [6, 6.07) is 9.27. The second kappa shape index (κ2) is 9.02. The van der Waals surface area contributed by atoms with Crippen molar-refractivity contribution < 1.29 is 9.47 Å². The average Bonchev–Trinajstić information content (AvgIpc) is 3.14. The smallest absolute Gasteiger partial charge is 0.165 e. The van der Waals surface area contributed by atoms with Gasteiger partial charge in [-0.15, -0.1) is 0 Å². The van der Waals surface area contributed by atoms with Gasteiger partial charge in [-0.2, -0.15) is 0 Å². The number of hydrogen-bond acceptors (Lipinski definition) is 5. The van der Waals surface area contributed by atoms with Crippen LogP contribution in [-0.2, 0) is 18.0 Å². The van der Waals surface area contributed by atoms with Gasteiger partial charge in [0.15, 0.2) is 5.65 Å². The maximum atomic E-state index is 6.60. The zero-order valence-corrected chi connectivity index (χ0v) is 20.3. The Morgan fingerprint density at radius 2 is 1.94 bits per heavy atom. The van der Waals surface area contributed by atoms with Gasteiger partial charge >= 0.3 is 0 Å². The van der Waals surface area contributed by atoms with Crippen LogP contribution in [0.25, 0.3) is 17.2 Å². The van der Waals surface area contributed by atoms with Crippen LogP contribution >= 0.6 is 11.6 Å². The minimum Gasteiger partial charge on any atom is -0.497 e. The fraction of sp³-hybridized carbons (Fsp3) is 0.391. The highest BCUT2D eigenvalue weighted by atomic mass is 35.5. The molecule has 164 valence electrons. The minimum atomic E-state index is -1.12. The maximum absolute atomic E-state index is 6.60. The molecule has 0 N–H and O–H groups in total. The average molecular weight is 457 g/mol. The molecule has 8 heteroatoms. The molecule has 6 nitrogen and oxygen atoms in total. The van der Waals surface area contributed by atoms with Crippen molar-refractivity contribution in [2.24, 2.45) is 0 Å². The van der Waals surface area contributed by atoms with Crippen molar-refractivity contribution in [3.8, 4) is 5.75 Å². The van der Waals surface area contributed by atoms with Crippen LogP contribution in [0.5, 0.6) is 5.75 Å². The largest absolute Gasteiger partial charge is 0.497 e. The summed E-state index contributed by atoms with van der Waals surface area (Å²) < 4.78 is 13.1. The molecule has 3 heterocycles. The van der Waals surface area contributed by atoms with Gasteiger partial charge in [0, 0.05) is 33.3 Å². The molecule has 1 aliphatic heterocycles. The molecule has 0 atom stereocenters. The van der Waals surface area contributed by atoms with Gasteiger partial charge in [-0.25, -0.2) is 9.97 Å². The summed E-state index contributed by atoms with van der Waals surface area (Å²) in [6.45, 7) is 9.76. The van der Waals surface area contributed by atoms with Crippen molar-refractivity contribution in [2.45, 2.75) is 39.0 Å². The van der Waals surface area contributed by atoms with E-state index in [1.807, 2.05) is 22.8 Å². The van der Waals surface area contributed by atoms with Crippen LogP contribution in [0.2, 0.25) is 30.8 Å². The van der Waals surface area contributed by atoms with Crippen LogP contribution in [0.3, 0.4) is 0 Å². The Hall–Kier alpha value is -2.35. The Kier molecular flexibility index (Phi) is 6.36. The van der Waals surface area contributed by atoms with E-state index in [9.17, 15) is 0 Å². The predicted octanol–water partition coefficient (Wildman–Crippen LogP) is 5.44. The van der Waals surface area contributed by atoms with Gasteiger partial charge in [0.1, 0.15) is 23.2 Å². The molecule has 0 aliphatic carbocycles. The number of rotatable bonds is 8. The zero-order chi connectivity index (χ0) is 22.0. The molecule has 0 saturated heterocycles. The molecule has 31 heavy (non-hydrogen) atoms. The number of halogens is 1. The van der Waals surface area contributed by atoms with Crippen LogP contribution in [0.1, 0.15) is 11.1 Å². The molecule has 0 spiro atoms. The lowest BCUT2D eigenvalue weighted by atomic mass is 10.1. The van der Waals surface area contributed by atoms with Gasteiger partial charge in [-0.1, -0.05) is 55.5 Å². The summed E-state index contributed by atoms with van der Waals surface area (Å²) in [5.74, 6) is 0.852.